The number of rotatable bonds is 0. The highest BCUT2D eigenvalue weighted by molar-refractivity contribution is 7.14. The van der Waals surface area contributed by atoms with Crippen LogP contribution in [0.2, 0.25) is 0 Å². The highest BCUT2D eigenvalue weighted by Crippen LogP contribution is 2.44. The van der Waals surface area contributed by atoms with Crippen molar-refractivity contribution in [3.05, 3.63) is 82.4 Å². The van der Waals surface area contributed by atoms with Crippen LogP contribution in [0.25, 0.3) is 44.2 Å². The summed E-state index contributed by atoms with van der Waals surface area (Å²) < 4.78 is 14.0. The average molecular weight is 1070 g/mol. The lowest BCUT2D eigenvalue weighted by molar-refractivity contribution is 0.314. The van der Waals surface area contributed by atoms with E-state index in [1.807, 2.05) is 25.2 Å². The topological polar surface area (TPSA) is 129 Å². The maximum Gasteiger partial charge on any atom is 0.139 e. The molecule has 76 heavy (non-hydrogen) atoms. The molecule has 12 heteroatoms. The van der Waals surface area contributed by atoms with Gasteiger partial charge in [-0.25, -0.2) is 24.6 Å². The van der Waals surface area contributed by atoms with Crippen molar-refractivity contribution >= 4 is 67.3 Å². The molecule has 0 bridgehead atoms. The lowest BCUT2D eigenvalue weighted by atomic mass is 9.75. The van der Waals surface area contributed by atoms with Gasteiger partial charge < -0.3 is 0 Å². The second-order valence-corrected chi connectivity index (χ2v) is 31.3. The van der Waals surface area contributed by atoms with Crippen molar-refractivity contribution in [3.8, 4) is 0 Å². The van der Waals surface area contributed by atoms with Gasteiger partial charge in [-0.15, -0.1) is 11.3 Å². The summed E-state index contributed by atoms with van der Waals surface area (Å²) in [5.74, 6) is 0. The van der Waals surface area contributed by atoms with Crippen molar-refractivity contribution < 1.29 is 4.63 Å². The number of aromatic nitrogens is 9. The van der Waals surface area contributed by atoms with Crippen LogP contribution in [0.3, 0.4) is 0 Å². The number of hydrogen-bond donors (Lipinski definition) is 0. The molecule has 0 unspecified atom stereocenters. The average Bonchev–Trinajstić information content (AvgIpc) is 3.98. The predicted octanol–water partition coefficient (Wildman–Crippen LogP) is 16.6. The molecule has 1 aliphatic carbocycles. The van der Waals surface area contributed by atoms with Gasteiger partial charge >= 0.3 is 0 Å². The first-order valence-electron chi connectivity index (χ1n) is 27.5. The molecule has 0 spiro atoms. The molecule has 0 fully saturated rings. The van der Waals surface area contributed by atoms with Crippen LogP contribution in [-0.2, 0) is 32.5 Å². The Bertz CT molecular complexity index is 3230. The van der Waals surface area contributed by atoms with Crippen LogP contribution in [0.5, 0.6) is 0 Å². The fourth-order valence-corrected chi connectivity index (χ4v) is 12.4. The van der Waals surface area contributed by atoms with Crippen LogP contribution in [0.1, 0.15) is 251 Å². The lowest BCUT2D eigenvalue weighted by Gasteiger charge is -2.31. The summed E-state index contributed by atoms with van der Waals surface area (Å²) in [6, 6.07) is 0. The quantitative estimate of drug-likeness (QED) is 0.145. The van der Waals surface area contributed by atoms with Crippen molar-refractivity contribution in [1.82, 2.24) is 44.0 Å². The Kier molecular flexibility index (Phi) is 17.4. The van der Waals surface area contributed by atoms with E-state index in [4.69, 9.17) is 29.5 Å². The molecule has 0 aliphatic heterocycles. The Balaban J connectivity index is 0.000000187. The fourth-order valence-electron chi connectivity index (χ4n) is 10.6. The van der Waals surface area contributed by atoms with E-state index in [0.29, 0.717) is 0 Å². The number of thiophene rings is 1. The Morgan fingerprint density at radius 1 is 0.329 bits per heavy atom. The second kappa shape index (κ2) is 21.3. The first-order chi connectivity index (χ1) is 34.2. The summed E-state index contributed by atoms with van der Waals surface area (Å²) in [4.78, 5) is 27.0. The molecule has 0 amide bonds. The number of benzene rings is 1. The Morgan fingerprint density at radius 3 is 0.987 bits per heavy atom. The number of pyridine rings is 1. The maximum atomic E-state index is 5.05. The third-order valence-corrected chi connectivity index (χ3v) is 17.0. The molecule has 0 N–H and O–H groups in total. The number of fused-ring (bicyclic) bond motifs is 4. The molecule has 10 nitrogen and oxygen atoms in total. The molecule has 0 saturated carbocycles. The van der Waals surface area contributed by atoms with Gasteiger partial charge in [0.1, 0.15) is 33.1 Å². The summed E-state index contributed by atoms with van der Waals surface area (Å²) >= 11 is 3.16. The minimum atomic E-state index is -0.00478. The van der Waals surface area contributed by atoms with Crippen LogP contribution in [-0.4, -0.2) is 44.0 Å². The Hall–Kier alpha value is -4.55. The normalized spacial score (nSPS) is 14.1. The van der Waals surface area contributed by atoms with Gasteiger partial charge in [0.25, 0.3) is 0 Å². The zero-order valence-electron chi connectivity index (χ0n) is 53.2. The summed E-state index contributed by atoms with van der Waals surface area (Å²) in [6.45, 7) is 68.2. The molecule has 7 aromatic rings. The molecular formula is C64H97N9OS2. The van der Waals surface area contributed by atoms with Gasteiger partial charge in [-0.05, 0) is 143 Å². The third-order valence-electron chi connectivity index (χ3n) is 14.4. The van der Waals surface area contributed by atoms with Crippen molar-refractivity contribution in [2.45, 2.75) is 260 Å². The maximum absolute atomic E-state index is 5.05. The second-order valence-electron chi connectivity index (χ2n) is 29.7. The summed E-state index contributed by atoms with van der Waals surface area (Å²) in [5, 5.41) is 10.6. The SMILES string of the molecule is Cc1c(C)c(C(C)(C)C)c2nonc2c1C(C)(C)C.Cc1nc(C(C)(C)C)c2nsnc2c1C(C)(C)C.Cc1nc2c(C(C)(C)C)sc(C(C)(C)C)c2nc1C.Cc1nc2c(nc1C)=C(C(C)(C)C)CCC=2C(C)(C)C. The van der Waals surface area contributed by atoms with Crippen LogP contribution >= 0.6 is 23.1 Å². The monoisotopic (exact) mass is 1070 g/mol. The molecule has 0 saturated heterocycles. The van der Waals surface area contributed by atoms with Gasteiger partial charge in [-0.2, -0.15) is 8.75 Å². The first kappa shape index (κ1) is 62.3. The van der Waals surface area contributed by atoms with Crippen molar-refractivity contribution in [2.24, 2.45) is 10.8 Å². The van der Waals surface area contributed by atoms with Gasteiger partial charge in [-0.1, -0.05) is 166 Å². The smallest absolute Gasteiger partial charge is 0.139 e. The number of nitrogens with zero attached hydrogens (tertiary/aromatic N) is 9. The van der Waals surface area contributed by atoms with E-state index in [1.165, 1.54) is 60.4 Å². The molecule has 6 aromatic heterocycles. The van der Waals surface area contributed by atoms with Gasteiger partial charge in [0, 0.05) is 26.4 Å². The van der Waals surface area contributed by atoms with E-state index in [9.17, 15) is 0 Å². The summed E-state index contributed by atoms with van der Waals surface area (Å²) in [6.07, 6.45) is 2.22. The van der Waals surface area contributed by atoms with Gasteiger partial charge in [-0.3, -0.25) is 4.98 Å². The van der Waals surface area contributed by atoms with Gasteiger partial charge in [0.15, 0.2) is 0 Å². The zero-order valence-corrected chi connectivity index (χ0v) is 54.8. The first-order valence-corrected chi connectivity index (χ1v) is 29.0. The van der Waals surface area contributed by atoms with E-state index in [-0.39, 0.29) is 43.3 Å². The van der Waals surface area contributed by atoms with Gasteiger partial charge in [0.05, 0.1) is 50.9 Å². The third kappa shape index (κ3) is 13.3. The number of hydrogen-bond acceptors (Lipinski definition) is 12. The van der Waals surface area contributed by atoms with E-state index < -0.39 is 0 Å². The van der Waals surface area contributed by atoms with E-state index in [0.717, 1.165) is 90.8 Å². The number of aryl methyl sites for hydroxylation is 5. The van der Waals surface area contributed by atoms with Crippen LogP contribution in [0.15, 0.2) is 4.63 Å². The fraction of sp³-hybridized carbons (Fsp3) is 0.641. The molecule has 8 rings (SSSR count). The van der Waals surface area contributed by atoms with E-state index in [2.05, 4.69) is 220 Å². The minimum Gasteiger partial charge on any atom is -0.255 e. The summed E-state index contributed by atoms with van der Waals surface area (Å²) in [5.41, 5.74) is 22.2. The molecule has 416 valence electrons. The lowest BCUT2D eigenvalue weighted by Crippen LogP contribution is -2.43. The van der Waals surface area contributed by atoms with Gasteiger partial charge in [0.2, 0.25) is 0 Å². The molecule has 6 heterocycles. The highest BCUT2D eigenvalue weighted by Gasteiger charge is 2.33. The minimum absolute atomic E-state index is 0.00478. The van der Waals surface area contributed by atoms with E-state index in [1.54, 1.807) is 0 Å². The van der Waals surface area contributed by atoms with Crippen LogP contribution < -0.4 is 10.7 Å². The Labute approximate surface area is 466 Å². The van der Waals surface area contributed by atoms with Crippen LogP contribution in [0.4, 0.5) is 0 Å². The van der Waals surface area contributed by atoms with Crippen molar-refractivity contribution in [2.75, 3.05) is 0 Å². The predicted molar refractivity (Wildman–Crippen MR) is 326 cm³/mol. The standard InChI is InChI=1S/C18H28N2.C16H24N2O.C16H24N2S.C14H21N3S/c1-11-12(2)20-16-14(18(6,7)8)10-9-13(15(16)19-11)17(3,4)5;1-9-10(2)12(16(6,7)8)14-13(17-19-18-14)11(9)15(3,4)5;1-9-10(2)18-12-11(17-9)13(15(3,4)5)19-14(12)16(6,7)8;1-8-9(13(2,3)4)10-11(17-18-16-10)12(15-8)14(5,6)7/h9-10H2,1-8H3;2*1-8H3;1-7H3. The molecule has 0 radical (unpaired) electrons. The zero-order chi connectivity index (χ0) is 58.2. The highest BCUT2D eigenvalue weighted by atomic mass is 32.1. The molecule has 1 aromatic carbocycles. The molecule has 0 atom stereocenters. The van der Waals surface area contributed by atoms with Crippen molar-refractivity contribution in [1.29, 1.82) is 0 Å². The summed E-state index contributed by atoms with van der Waals surface area (Å²) in [7, 11) is 0. The molecule has 1 aliphatic rings. The van der Waals surface area contributed by atoms with Crippen molar-refractivity contribution in [3.63, 3.8) is 0 Å². The van der Waals surface area contributed by atoms with Crippen LogP contribution in [0, 0.1) is 59.3 Å². The van der Waals surface area contributed by atoms with E-state index >= 15 is 0 Å². The largest absolute Gasteiger partial charge is 0.255 e. The Morgan fingerprint density at radius 2 is 0.671 bits per heavy atom. The molecular weight excluding hydrogens is 975 g/mol.